The highest BCUT2D eigenvalue weighted by Crippen LogP contribution is 2.07. The quantitative estimate of drug-likeness (QED) is 0.794. The third-order valence-corrected chi connectivity index (χ3v) is 2.51. The topological polar surface area (TPSA) is 75.7 Å². The fourth-order valence-corrected chi connectivity index (χ4v) is 1.62. The molecule has 2 heterocycles. The zero-order valence-electron chi connectivity index (χ0n) is 9.27. The third kappa shape index (κ3) is 2.51. The molecule has 2 aromatic heterocycles. The normalized spacial score (nSPS) is 10.6. The van der Waals surface area contributed by atoms with Gasteiger partial charge in [-0.15, -0.1) is 0 Å². The predicted octanol–water partition coefficient (Wildman–Crippen LogP) is 0.942. The van der Waals surface area contributed by atoms with Crippen molar-refractivity contribution in [1.82, 2.24) is 19.7 Å². The highest BCUT2D eigenvalue weighted by molar-refractivity contribution is 7.71. The zero-order chi connectivity index (χ0) is 12.3. The van der Waals surface area contributed by atoms with Gasteiger partial charge in [0.1, 0.15) is 0 Å². The second-order valence-electron chi connectivity index (χ2n) is 3.43. The van der Waals surface area contributed by atoms with Gasteiger partial charge in [-0.1, -0.05) is 0 Å². The summed E-state index contributed by atoms with van der Waals surface area (Å²) in [6, 6.07) is 3.49. The van der Waals surface area contributed by atoms with Crippen molar-refractivity contribution in [3.63, 3.8) is 0 Å². The first-order valence-electron chi connectivity index (χ1n) is 5.06. The van der Waals surface area contributed by atoms with Crippen LogP contribution in [0.4, 0.5) is 0 Å². The van der Waals surface area contributed by atoms with Gasteiger partial charge in [0.05, 0.1) is 12.2 Å². The number of nitrogens with zero attached hydrogens (tertiary/aromatic N) is 2. The van der Waals surface area contributed by atoms with E-state index in [1.165, 1.54) is 0 Å². The molecule has 7 heteroatoms. The number of ether oxygens (including phenoxy) is 1. The van der Waals surface area contributed by atoms with E-state index in [9.17, 15) is 4.79 Å². The van der Waals surface area contributed by atoms with E-state index in [1.807, 2.05) is 0 Å². The molecule has 0 aliphatic rings. The van der Waals surface area contributed by atoms with Crippen LogP contribution in [-0.2, 0) is 11.3 Å². The molecule has 0 atom stereocenters. The molecule has 17 heavy (non-hydrogen) atoms. The van der Waals surface area contributed by atoms with E-state index in [1.54, 1.807) is 30.0 Å². The van der Waals surface area contributed by atoms with Crippen molar-refractivity contribution in [2.75, 3.05) is 13.7 Å². The lowest BCUT2D eigenvalue weighted by Crippen LogP contribution is -2.23. The van der Waals surface area contributed by atoms with Gasteiger partial charge in [0.2, 0.25) is 4.77 Å². The van der Waals surface area contributed by atoms with Gasteiger partial charge in [-0.3, -0.25) is 15.0 Å². The number of H-pyrrole nitrogens is 2. The lowest BCUT2D eigenvalue weighted by atomic mass is 10.2. The number of aromatic amines is 2. The minimum atomic E-state index is -0.123. The van der Waals surface area contributed by atoms with E-state index in [2.05, 4.69) is 15.2 Å². The molecule has 2 rings (SSSR count). The molecule has 2 aromatic rings. The van der Waals surface area contributed by atoms with Crippen LogP contribution in [0.25, 0.3) is 11.4 Å². The number of pyridine rings is 1. The molecule has 6 nitrogen and oxygen atoms in total. The average molecular weight is 252 g/mol. The van der Waals surface area contributed by atoms with Gasteiger partial charge in [-0.2, -0.15) is 4.98 Å². The van der Waals surface area contributed by atoms with Crippen LogP contribution in [0, 0.1) is 4.77 Å². The highest BCUT2D eigenvalue weighted by Gasteiger charge is 2.08. The molecule has 0 unspecified atom stereocenters. The monoisotopic (exact) mass is 252 g/mol. The Kier molecular flexibility index (Phi) is 3.50. The summed E-state index contributed by atoms with van der Waals surface area (Å²) in [5.41, 5.74) is 0.359. The smallest absolute Gasteiger partial charge is 0.261 e. The van der Waals surface area contributed by atoms with E-state index < -0.39 is 0 Å². The van der Waals surface area contributed by atoms with Gasteiger partial charge in [-0.05, 0) is 24.4 Å². The van der Waals surface area contributed by atoms with Crippen molar-refractivity contribution < 1.29 is 4.74 Å². The SMILES string of the molecule is COCCn1cccc(-c2nc(=S)[nH][nH]2)c1=O. The summed E-state index contributed by atoms with van der Waals surface area (Å²) in [5.74, 6) is 0.451. The largest absolute Gasteiger partial charge is 0.383 e. The van der Waals surface area contributed by atoms with Gasteiger partial charge < -0.3 is 9.30 Å². The molecule has 0 fully saturated rings. The molecule has 0 aliphatic heterocycles. The van der Waals surface area contributed by atoms with Gasteiger partial charge in [0.15, 0.2) is 5.82 Å². The molecule has 0 bridgehead atoms. The Bertz CT molecular complexity index is 613. The number of nitrogens with one attached hydrogen (secondary N) is 2. The van der Waals surface area contributed by atoms with Crippen LogP contribution in [0.2, 0.25) is 0 Å². The standard InChI is InChI=1S/C10H12N4O2S/c1-16-6-5-14-4-2-3-7(9(14)15)8-11-10(17)13-12-8/h2-4H,5-6H2,1H3,(H2,11,12,13,17). The van der Waals surface area contributed by atoms with Crippen molar-refractivity contribution in [2.24, 2.45) is 0 Å². The molecule has 0 saturated carbocycles. The highest BCUT2D eigenvalue weighted by atomic mass is 32.1. The second kappa shape index (κ2) is 5.07. The summed E-state index contributed by atoms with van der Waals surface area (Å²) in [5, 5.41) is 5.42. The molecule has 0 saturated heterocycles. The number of hydrogen-bond donors (Lipinski definition) is 2. The van der Waals surface area contributed by atoms with Gasteiger partial charge >= 0.3 is 0 Å². The lowest BCUT2D eigenvalue weighted by Gasteiger charge is -2.05. The number of aromatic nitrogens is 4. The molecule has 0 spiro atoms. The summed E-state index contributed by atoms with van der Waals surface area (Å²) in [6.45, 7) is 0.994. The Morgan fingerprint density at radius 3 is 3.00 bits per heavy atom. The Morgan fingerprint density at radius 1 is 1.53 bits per heavy atom. The summed E-state index contributed by atoms with van der Waals surface area (Å²) < 4.78 is 6.84. The molecular weight excluding hydrogens is 240 g/mol. The Morgan fingerprint density at radius 2 is 2.35 bits per heavy atom. The van der Waals surface area contributed by atoms with E-state index in [-0.39, 0.29) is 5.56 Å². The van der Waals surface area contributed by atoms with E-state index >= 15 is 0 Å². The van der Waals surface area contributed by atoms with Gasteiger partial charge in [0.25, 0.3) is 5.56 Å². The van der Waals surface area contributed by atoms with Crippen molar-refractivity contribution in [3.8, 4) is 11.4 Å². The van der Waals surface area contributed by atoms with E-state index in [4.69, 9.17) is 17.0 Å². The minimum Gasteiger partial charge on any atom is -0.383 e. The van der Waals surface area contributed by atoms with Crippen LogP contribution in [0.3, 0.4) is 0 Å². The molecule has 0 radical (unpaired) electrons. The summed E-state index contributed by atoms with van der Waals surface area (Å²) in [7, 11) is 1.60. The first kappa shape index (κ1) is 11.7. The number of hydrogen-bond acceptors (Lipinski definition) is 4. The molecule has 0 aliphatic carbocycles. The molecule has 90 valence electrons. The molecule has 0 amide bonds. The van der Waals surface area contributed by atoms with Crippen LogP contribution >= 0.6 is 12.2 Å². The zero-order valence-corrected chi connectivity index (χ0v) is 10.1. The van der Waals surface area contributed by atoms with Crippen LogP contribution in [0.1, 0.15) is 0 Å². The maximum Gasteiger partial charge on any atom is 0.261 e. The van der Waals surface area contributed by atoms with E-state index in [0.29, 0.717) is 29.3 Å². The fourth-order valence-electron chi connectivity index (χ4n) is 1.48. The van der Waals surface area contributed by atoms with Crippen molar-refractivity contribution >= 4 is 12.2 Å². The third-order valence-electron chi connectivity index (χ3n) is 2.31. The predicted molar refractivity (Wildman–Crippen MR) is 65.3 cm³/mol. The fraction of sp³-hybridized carbons (Fsp3) is 0.300. The minimum absolute atomic E-state index is 0.123. The molecule has 2 N–H and O–H groups in total. The van der Waals surface area contributed by atoms with Crippen molar-refractivity contribution in [1.29, 1.82) is 0 Å². The van der Waals surface area contributed by atoms with E-state index in [0.717, 1.165) is 0 Å². The Labute approximate surface area is 102 Å². The lowest BCUT2D eigenvalue weighted by molar-refractivity contribution is 0.186. The number of methoxy groups -OCH3 is 1. The first-order chi connectivity index (χ1) is 8.22. The van der Waals surface area contributed by atoms with Crippen molar-refractivity contribution in [3.05, 3.63) is 33.5 Å². The van der Waals surface area contributed by atoms with Crippen LogP contribution in [0.15, 0.2) is 23.1 Å². The Hall–Kier alpha value is -1.73. The van der Waals surface area contributed by atoms with Gasteiger partial charge in [-0.25, -0.2) is 0 Å². The maximum absolute atomic E-state index is 12.1. The first-order valence-corrected chi connectivity index (χ1v) is 5.46. The summed E-state index contributed by atoms with van der Waals surface area (Å²) in [6.07, 6.45) is 1.71. The van der Waals surface area contributed by atoms with Gasteiger partial charge in [0, 0.05) is 19.9 Å². The summed E-state index contributed by atoms with van der Waals surface area (Å²) in [4.78, 5) is 16.1. The van der Waals surface area contributed by atoms with Crippen LogP contribution in [-0.4, -0.2) is 33.5 Å². The number of rotatable bonds is 4. The maximum atomic E-state index is 12.1. The Balaban J connectivity index is 2.42. The molecular formula is C10H12N4O2S. The second-order valence-corrected chi connectivity index (χ2v) is 3.82. The summed E-state index contributed by atoms with van der Waals surface area (Å²) >= 11 is 4.85. The van der Waals surface area contributed by atoms with Crippen LogP contribution in [0.5, 0.6) is 0 Å². The van der Waals surface area contributed by atoms with Crippen LogP contribution < -0.4 is 5.56 Å². The molecule has 0 aromatic carbocycles. The average Bonchev–Trinajstić information content (AvgIpc) is 2.74. The van der Waals surface area contributed by atoms with Crippen molar-refractivity contribution in [2.45, 2.75) is 6.54 Å².